The van der Waals surface area contributed by atoms with Gasteiger partial charge in [-0.2, -0.15) is 0 Å². The van der Waals surface area contributed by atoms with E-state index in [1.807, 2.05) is 77.7 Å². The van der Waals surface area contributed by atoms with Crippen molar-refractivity contribution in [1.82, 2.24) is 20.2 Å². The quantitative estimate of drug-likeness (QED) is 0.413. The van der Waals surface area contributed by atoms with Crippen molar-refractivity contribution in [1.29, 1.82) is 0 Å². The normalized spacial score (nSPS) is 15.7. The number of hydrogen-bond acceptors (Lipinski definition) is 5. The van der Waals surface area contributed by atoms with Gasteiger partial charge in [0.05, 0.1) is 5.69 Å². The van der Waals surface area contributed by atoms with Gasteiger partial charge in [-0.05, 0) is 48.0 Å². The molecule has 1 aliphatic heterocycles. The summed E-state index contributed by atoms with van der Waals surface area (Å²) in [5.74, 6) is 0.523. The standard InChI is InChI=1S/C27H24ClN5O/c28-22-10-6-20(7-11-22)24-14-15-30-27(32-24)31-23-12-8-21(9-13-23)26(34)33-17-16-29-25(18-33)19-4-2-1-3-5-19/h1-15,25,29H,16-18H2,(H,30,31,32). The van der Waals surface area contributed by atoms with E-state index in [9.17, 15) is 4.79 Å². The lowest BCUT2D eigenvalue weighted by Crippen LogP contribution is -2.48. The van der Waals surface area contributed by atoms with Crippen molar-refractivity contribution in [2.75, 3.05) is 25.0 Å². The fraction of sp³-hybridized carbons (Fsp3) is 0.148. The Kier molecular flexibility index (Phi) is 6.51. The van der Waals surface area contributed by atoms with Crippen LogP contribution in [0.1, 0.15) is 22.0 Å². The molecule has 1 unspecified atom stereocenters. The smallest absolute Gasteiger partial charge is 0.253 e. The van der Waals surface area contributed by atoms with E-state index in [1.54, 1.807) is 6.20 Å². The van der Waals surface area contributed by atoms with Crippen LogP contribution in [-0.4, -0.2) is 40.4 Å². The largest absolute Gasteiger partial charge is 0.335 e. The van der Waals surface area contributed by atoms with Gasteiger partial charge in [0.2, 0.25) is 5.95 Å². The zero-order valence-electron chi connectivity index (χ0n) is 18.5. The van der Waals surface area contributed by atoms with Crippen molar-refractivity contribution in [2.45, 2.75) is 6.04 Å². The average Bonchev–Trinajstić information content (AvgIpc) is 2.90. The van der Waals surface area contributed by atoms with Crippen LogP contribution in [0, 0.1) is 0 Å². The van der Waals surface area contributed by atoms with E-state index < -0.39 is 0 Å². The Morgan fingerprint density at radius 2 is 1.74 bits per heavy atom. The Labute approximate surface area is 203 Å². The molecule has 1 aromatic heterocycles. The van der Waals surface area contributed by atoms with Gasteiger partial charge in [0.1, 0.15) is 0 Å². The molecule has 7 heteroatoms. The molecular weight excluding hydrogens is 446 g/mol. The van der Waals surface area contributed by atoms with Gasteiger partial charge in [-0.1, -0.05) is 54.1 Å². The number of carbonyl (C=O) groups excluding carboxylic acids is 1. The van der Waals surface area contributed by atoms with Crippen LogP contribution in [-0.2, 0) is 0 Å². The van der Waals surface area contributed by atoms with Gasteiger partial charge in [0, 0.05) is 53.7 Å². The van der Waals surface area contributed by atoms with Gasteiger partial charge in [-0.15, -0.1) is 0 Å². The highest BCUT2D eigenvalue weighted by Gasteiger charge is 2.25. The highest BCUT2D eigenvalue weighted by molar-refractivity contribution is 6.30. The van der Waals surface area contributed by atoms with E-state index in [4.69, 9.17) is 11.6 Å². The van der Waals surface area contributed by atoms with Crippen molar-refractivity contribution in [3.05, 3.63) is 107 Å². The second kappa shape index (κ2) is 10.0. The number of nitrogens with zero attached hydrogens (tertiary/aromatic N) is 3. The zero-order valence-corrected chi connectivity index (χ0v) is 19.2. The number of anilines is 2. The maximum Gasteiger partial charge on any atom is 0.253 e. The summed E-state index contributed by atoms with van der Waals surface area (Å²) >= 11 is 5.98. The molecule has 4 aromatic rings. The number of piperazine rings is 1. The number of amides is 1. The van der Waals surface area contributed by atoms with Crippen molar-refractivity contribution < 1.29 is 4.79 Å². The zero-order chi connectivity index (χ0) is 23.3. The maximum absolute atomic E-state index is 13.1. The molecule has 34 heavy (non-hydrogen) atoms. The van der Waals surface area contributed by atoms with E-state index in [-0.39, 0.29) is 11.9 Å². The van der Waals surface area contributed by atoms with E-state index in [0.29, 0.717) is 29.6 Å². The van der Waals surface area contributed by atoms with Crippen molar-refractivity contribution in [3.63, 3.8) is 0 Å². The summed E-state index contributed by atoms with van der Waals surface area (Å²) in [4.78, 5) is 23.9. The first kappa shape index (κ1) is 22.1. The molecule has 0 radical (unpaired) electrons. The molecular formula is C27H24ClN5O. The molecule has 0 bridgehead atoms. The first-order valence-corrected chi connectivity index (χ1v) is 11.6. The van der Waals surface area contributed by atoms with E-state index in [2.05, 4.69) is 32.7 Å². The van der Waals surface area contributed by atoms with Crippen molar-refractivity contribution in [2.24, 2.45) is 0 Å². The fourth-order valence-electron chi connectivity index (χ4n) is 4.05. The molecule has 5 rings (SSSR count). The second-order valence-corrected chi connectivity index (χ2v) is 8.58. The number of benzene rings is 3. The molecule has 6 nitrogen and oxygen atoms in total. The van der Waals surface area contributed by atoms with Crippen LogP contribution in [0.5, 0.6) is 0 Å². The molecule has 1 saturated heterocycles. The molecule has 0 saturated carbocycles. The molecule has 2 heterocycles. The predicted octanol–water partition coefficient (Wildman–Crippen LogP) is 5.33. The minimum atomic E-state index is 0.0370. The molecule has 1 amide bonds. The van der Waals surface area contributed by atoms with Crippen LogP contribution < -0.4 is 10.6 Å². The third-order valence-corrected chi connectivity index (χ3v) is 6.10. The molecule has 0 spiro atoms. The minimum Gasteiger partial charge on any atom is -0.335 e. The second-order valence-electron chi connectivity index (χ2n) is 8.14. The lowest BCUT2D eigenvalue weighted by atomic mass is 10.0. The molecule has 2 N–H and O–H groups in total. The summed E-state index contributed by atoms with van der Waals surface area (Å²) in [5.41, 5.74) is 4.43. The number of nitrogens with one attached hydrogen (secondary N) is 2. The SMILES string of the molecule is O=C(c1ccc(Nc2nccc(-c3ccc(Cl)cc3)n2)cc1)N1CCNC(c2ccccc2)C1. The first-order valence-electron chi connectivity index (χ1n) is 11.2. The third-order valence-electron chi connectivity index (χ3n) is 5.85. The van der Waals surface area contributed by atoms with Crippen LogP contribution in [0.3, 0.4) is 0 Å². The summed E-state index contributed by atoms with van der Waals surface area (Å²) in [7, 11) is 0. The number of hydrogen-bond donors (Lipinski definition) is 2. The fourth-order valence-corrected chi connectivity index (χ4v) is 4.18. The minimum absolute atomic E-state index is 0.0370. The van der Waals surface area contributed by atoms with Crippen LogP contribution in [0.4, 0.5) is 11.6 Å². The highest BCUT2D eigenvalue weighted by Crippen LogP contribution is 2.23. The molecule has 1 aliphatic rings. The average molecular weight is 470 g/mol. The Balaban J connectivity index is 1.25. The summed E-state index contributed by atoms with van der Waals surface area (Å²) < 4.78 is 0. The number of rotatable bonds is 5. The van der Waals surface area contributed by atoms with Gasteiger partial charge >= 0.3 is 0 Å². The number of halogens is 1. The van der Waals surface area contributed by atoms with Gasteiger partial charge in [0.15, 0.2) is 0 Å². The van der Waals surface area contributed by atoms with Gasteiger partial charge in [0.25, 0.3) is 5.91 Å². The highest BCUT2D eigenvalue weighted by atomic mass is 35.5. The van der Waals surface area contributed by atoms with E-state index in [0.717, 1.165) is 23.5 Å². The molecule has 170 valence electrons. The summed E-state index contributed by atoms with van der Waals surface area (Å²) in [6.45, 7) is 2.11. The van der Waals surface area contributed by atoms with Gasteiger partial charge in [-0.25, -0.2) is 9.97 Å². The Morgan fingerprint density at radius 1 is 0.971 bits per heavy atom. The summed E-state index contributed by atoms with van der Waals surface area (Å²) in [5, 5.41) is 7.40. The van der Waals surface area contributed by atoms with Crippen LogP contribution in [0.15, 0.2) is 91.1 Å². The molecule has 3 aromatic carbocycles. The van der Waals surface area contributed by atoms with Crippen molar-refractivity contribution >= 4 is 29.1 Å². The monoisotopic (exact) mass is 469 g/mol. The van der Waals surface area contributed by atoms with E-state index in [1.165, 1.54) is 5.56 Å². The maximum atomic E-state index is 13.1. The molecule has 1 atom stereocenters. The Bertz CT molecular complexity index is 1260. The first-order chi connectivity index (χ1) is 16.7. The number of aromatic nitrogens is 2. The van der Waals surface area contributed by atoms with Crippen LogP contribution in [0.2, 0.25) is 5.02 Å². The van der Waals surface area contributed by atoms with Crippen molar-refractivity contribution in [3.8, 4) is 11.3 Å². The van der Waals surface area contributed by atoms with E-state index >= 15 is 0 Å². The van der Waals surface area contributed by atoms with Gasteiger partial charge < -0.3 is 15.5 Å². The lowest BCUT2D eigenvalue weighted by Gasteiger charge is -2.34. The molecule has 0 aliphatic carbocycles. The summed E-state index contributed by atoms with van der Waals surface area (Å²) in [6.07, 6.45) is 1.71. The Hall–Kier alpha value is -3.74. The topological polar surface area (TPSA) is 70.2 Å². The van der Waals surface area contributed by atoms with Crippen LogP contribution in [0.25, 0.3) is 11.3 Å². The third kappa shape index (κ3) is 5.09. The lowest BCUT2D eigenvalue weighted by molar-refractivity contribution is 0.0703. The predicted molar refractivity (Wildman–Crippen MR) is 135 cm³/mol. The van der Waals surface area contributed by atoms with Crippen LogP contribution >= 0.6 is 11.6 Å². The number of carbonyl (C=O) groups is 1. The Morgan fingerprint density at radius 3 is 2.50 bits per heavy atom. The molecule has 1 fully saturated rings. The summed E-state index contributed by atoms with van der Waals surface area (Å²) in [6, 6.07) is 27.2. The van der Waals surface area contributed by atoms with Gasteiger partial charge in [-0.3, -0.25) is 4.79 Å².